The highest BCUT2D eigenvalue weighted by Gasteiger charge is 2.18. The van der Waals surface area contributed by atoms with E-state index in [0.29, 0.717) is 15.7 Å². The number of aromatic nitrogens is 1. The number of piperidine rings is 1. The maximum atomic E-state index is 12.5. The Morgan fingerprint density at radius 1 is 1.44 bits per heavy atom. The molecule has 0 unspecified atom stereocenters. The van der Waals surface area contributed by atoms with Gasteiger partial charge in [-0.25, -0.2) is 4.98 Å². The van der Waals surface area contributed by atoms with Gasteiger partial charge in [-0.2, -0.15) is 0 Å². The fraction of sp³-hybridized carbons (Fsp3) is 0.444. The van der Waals surface area contributed by atoms with E-state index in [1.165, 1.54) is 24.2 Å². The number of carbonyl (C=O) groups is 1. The number of carbonyl (C=O) groups excluding carboxylic acids is 1. The summed E-state index contributed by atoms with van der Waals surface area (Å²) in [5.74, 6) is 0.608. The molecule has 0 saturated carbocycles. The summed E-state index contributed by atoms with van der Waals surface area (Å²) < 4.78 is 0. The van der Waals surface area contributed by atoms with Crippen molar-refractivity contribution in [1.82, 2.24) is 9.88 Å². The number of rotatable bonds is 5. The largest absolute Gasteiger partial charge is 0.298 e. The summed E-state index contributed by atoms with van der Waals surface area (Å²) in [6, 6.07) is 5.48. The molecule has 4 nitrogen and oxygen atoms in total. The van der Waals surface area contributed by atoms with Gasteiger partial charge >= 0.3 is 0 Å². The number of thiazole rings is 1. The average Bonchev–Trinajstić information content (AvgIpc) is 3.04. The van der Waals surface area contributed by atoms with Crippen LogP contribution in [0.1, 0.15) is 35.8 Å². The molecule has 0 aliphatic carbocycles. The standard InChI is InChI=1S/C18H22ClN3OS2/c1-12-5-7-22(8-6-12)10-13-11-25-18(20-13)21-17(23)15-9-14(24-2)3-4-16(15)19/h3-4,9,11-12H,5-8,10H2,1-2H3,(H,20,21,23). The van der Waals surface area contributed by atoms with Crippen LogP contribution in [0.2, 0.25) is 5.02 Å². The minimum absolute atomic E-state index is 0.214. The molecule has 1 amide bonds. The zero-order valence-electron chi connectivity index (χ0n) is 14.4. The van der Waals surface area contributed by atoms with Crippen molar-refractivity contribution in [2.45, 2.75) is 31.2 Å². The molecule has 2 aromatic rings. The number of thioether (sulfide) groups is 1. The van der Waals surface area contributed by atoms with Crippen LogP contribution in [0.25, 0.3) is 0 Å². The first-order valence-corrected chi connectivity index (χ1v) is 10.8. The van der Waals surface area contributed by atoms with Gasteiger partial charge in [0.2, 0.25) is 0 Å². The number of nitrogens with zero attached hydrogens (tertiary/aromatic N) is 2. The summed E-state index contributed by atoms with van der Waals surface area (Å²) in [4.78, 5) is 20.5. The zero-order valence-corrected chi connectivity index (χ0v) is 16.8. The van der Waals surface area contributed by atoms with Gasteiger partial charge < -0.3 is 0 Å². The number of hydrogen-bond acceptors (Lipinski definition) is 5. The molecule has 1 aliphatic heterocycles. The van der Waals surface area contributed by atoms with E-state index in [1.54, 1.807) is 17.8 Å². The minimum Gasteiger partial charge on any atom is -0.298 e. The predicted octanol–water partition coefficient (Wildman–Crippen LogP) is 5.00. The third-order valence-corrected chi connectivity index (χ3v) is 6.31. The Kier molecular flexibility index (Phi) is 6.39. The fourth-order valence-electron chi connectivity index (χ4n) is 2.86. The maximum absolute atomic E-state index is 12.5. The second kappa shape index (κ2) is 8.54. The van der Waals surface area contributed by atoms with E-state index in [4.69, 9.17) is 11.6 Å². The highest BCUT2D eigenvalue weighted by molar-refractivity contribution is 7.98. The van der Waals surface area contributed by atoms with Gasteiger partial charge in [0.1, 0.15) is 0 Å². The zero-order chi connectivity index (χ0) is 17.8. The first kappa shape index (κ1) is 18.7. The SMILES string of the molecule is CSc1ccc(Cl)c(C(=O)Nc2nc(CN3CCC(C)CC3)cs2)c1. The summed E-state index contributed by atoms with van der Waals surface area (Å²) in [7, 11) is 0. The molecule has 7 heteroatoms. The van der Waals surface area contributed by atoms with Crippen LogP contribution >= 0.6 is 34.7 Å². The van der Waals surface area contributed by atoms with E-state index in [0.717, 1.165) is 36.1 Å². The molecule has 2 heterocycles. The summed E-state index contributed by atoms with van der Waals surface area (Å²) in [6.45, 7) is 5.40. The topological polar surface area (TPSA) is 45.2 Å². The van der Waals surface area contributed by atoms with Gasteiger partial charge in [0.25, 0.3) is 5.91 Å². The lowest BCUT2D eigenvalue weighted by atomic mass is 9.99. The molecular weight excluding hydrogens is 374 g/mol. The smallest absolute Gasteiger partial charge is 0.258 e. The lowest BCUT2D eigenvalue weighted by Crippen LogP contribution is -2.32. The van der Waals surface area contributed by atoms with Crippen molar-refractivity contribution in [3.63, 3.8) is 0 Å². The molecular formula is C18H22ClN3OS2. The van der Waals surface area contributed by atoms with Crippen molar-refractivity contribution in [3.8, 4) is 0 Å². The summed E-state index contributed by atoms with van der Waals surface area (Å²) in [6.07, 6.45) is 4.47. The second-order valence-electron chi connectivity index (χ2n) is 6.40. The number of anilines is 1. The molecule has 25 heavy (non-hydrogen) atoms. The number of likely N-dealkylation sites (tertiary alicyclic amines) is 1. The van der Waals surface area contributed by atoms with Crippen molar-refractivity contribution >= 4 is 45.7 Å². The Balaban J connectivity index is 1.62. The summed E-state index contributed by atoms with van der Waals surface area (Å²) in [5, 5.41) is 5.97. The van der Waals surface area contributed by atoms with Crippen molar-refractivity contribution in [1.29, 1.82) is 0 Å². The Bertz CT molecular complexity index is 742. The molecule has 1 saturated heterocycles. The molecule has 0 atom stereocenters. The van der Waals surface area contributed by atoms with Gasteiger partial charge in [-0.1, -0.05) is 18.5 Å². The third kappa shape index (κ3) is 4.97. The molecule has 1 N–H and O–H groups in total. The van der Waals surface area contributed by atoms with Crippen LogP contribution in [0.3, 0.4) is 0 Å². The summed E-state index contributed by atoms with van der Waals surface area (Å²) >= 11 is 9.21. The van der Waals surface area contributed by atoms with Crippen LogP contribution < -0.4 is 5.32 Å². The van der Waals surface area contributed by atoms with Crippen LogP contribution in [0.5, 0.6) is 0 Å². The molecule has 1 aliphatic rings. The average molecular weight is 396 g/mol. The van der Waals surface area contributed by atoms with Gasteiger partial charge in [0.05, 0.1) is 16.3 Å². The van der Waals surface area contributed by atoms with E-state index in [2.05, 4.69) is 22.1 Å². The molecule has 3 rings (SSSR count). The van der Waals surface area contributed by atoms with Crippen LogP contribution in [-0.2, 0) is 6.54 Å². The van der Waals surface area contributed by atoms with E-state index >= 15 is 0 Å². The fourth-order valence-corrected chi connectivity index (χ4v) is 4.20. The van der Waals surface area contributed by atoms with Gasteiger partial charge in [0, 0.05) is 16.8 Å². The number of amides is 1. The number of benzene rings is 1. The first-order chi connectivity index (χ1) is 12.0. The van der Waals surface area contributed by atoms with E-state index in [1.807, 2.05) is 23.8 Å². The Morgan fingerprint density at radius 3 is 2.92 bits per heavy atom. The van der Waals surface area contributed by atoms with Crippen LogP contribution in [-0.4, -0.2) is 35.1 Å². The molecule has 1 aromatic heterocycles. The number of nitrogens with one attached hydrogen (secondary N) is 1. The lowest BCUT2D eigenvalue weighted by Gasteiger charge is -2.29. The summed E-state index contributed by atoms with van der Waals surface area (Å²) in [5.41, 5.74) is 1.49. The molecule has 0 spiro atoms. The van der Waals surface area contributed by atoms with E-state index in [9.17, 15) is 4.79 Å². The van der Waals surface area contributed by atoms with Crippen molar-refractivity contribution in [3.05, 3.63) is 39.9 Å². The highest BCUT2D eigenvalue weighted by atomic mass is 35.5. The minimum atomic E-state index is -0.214. The predicted molar refractivity (Wildman–Crippen MR) is 107 cm³/mol. The molecule has 0 radical (unpaired) electrons. The first-order valence-electron chi connectivity index (χ1n) is 8.37. The monoisotopic (exact) mass is 395 g/mol. The van der Waals surface area contributed by atoms with Crippen molar-refractivity contribution in [2.24, 2.45) is 5.92 Å². The Morgan fingerprint density at radius 2 is 2.20 bits per heavy atom. The Labute approximate surface area is 162 Å². The van der Waals surface area contributed by atoms with Crippen LogP contribution in [0.4, 0.5) is 5.13 Å². The normalized spacial score (nSPS) is 16.1. The quantitative estimate of drug-likeness (QED) is 0.723. The molecule has 1 aromatic carbocycles. The van der Waals surface area contributed by atoms with Gasteiger partial charge in [-0.15, -0.1) is 23.1 Å². The van der Waals surface area contributed by atoms with E-state index in [-0.39, 0.29) is 5.91 Å². The van der Waals surface area contributed by atoms with Gasteiger partial charge in [0.15, 0.2) is 5.13 Å². The van der Waals surface area contributed by atoms with E-state index < -0.39 is 0 Å². The van der Waals surface area contributed by atoms with Crippen molar-refractivity contribution < 1.29 is 4.79 Å². The molecule has 0 bridgehead atoms. The third-order valence-electron chi connectivity index (χ3n) is 4.45. The lowest BCUT2D eigenvalue weighted by molar-refractivity contribution is 0.102. The molecule has 1 fully saturated rings. The number of hydrogen-bond donors (Lipinski definition) is 1. The second-order valence-corrected chi connectivity index (χ2v) is 8.55. The maximum Gasteiger partial charge on any atom is 0.258 e. The number of halogens is 1. The highest BCUT2D eigenvalue weighted by Crippen LogP contribution is 2.25. The van der Waals surface area contributed by atoms with Crippen molar-refractivity contribution in [2.75, 3.05) is 24.7 Å². The van der Waals surface area contributed by atoms with Gasteiger partial charge in [-0.05, 0) is 56.3 Å². The van der Waals surface area contributed by atoms with Crippen LogP contribution in [0, 0.1) is 5.92 Å². The molecule has 134 valence electrons. The van der Waals surface area contributed by atoms with Gasteiger partial charge in [-0.3, -0.25) is 15.0 Å². The van der Waals surface area contributed by atoms with Crippen LogP contribution in [0.15, 0.2) is 28.5 Å². The Hall–Kier alpha value is -1.08.